The topological polar surface area (TPSA) is 67.1 Å². The van der Waals surface area contributed by atoms with E-state index in [0.717, 1.165) is 43.6 Å². The number of oxazole rings is 1. The van der Waals surface area contributed by atoms with E-state index in [4.69, 9.17) is 4.42 Å². The molecule has 0 bridgehead atoms. The van der Waals surface area contributed by atoms with Crippen LogP contribution in [0.15, 0.2) is 41.1 Å². The summed E-state index contributed by atoms with van der Waals surface area (Å²) in [5.41, 5.74) is 1.66. The third-order valence-electron chi connectivity index (χ3n) is 4.34. The van der Waals surface area contributed by atoms with Crippen molar-refractivity contribution in [3.8, 4) is 0 Å². The van der Waals surface area contributed by atoms with Crippen LogP contribution in [0.5, 0.6) is 0 Å². The van der Waals surface area contributed by atoms with E-state index >= 15 is 0 Å². The number of anilines is 2. The molecule has 0 amide bonds. The number of hydrogen-bond donors (Lipinski definition) is 1. The minimum absolute atomic E-state index is 0.406. The van der Waals surface area contributed by atoms with Crippen LogP contribution in [0.4, 0.5) is 16.4 Å². The highest BCUT2D eigenvalue weighted by Crippen LogP contribution is 2.22. The molecule has 0 aliphatic carbocycles. The number of fused-ring (bicyclic) bond motifs is 1. The van der Waals surface area contributed by atoms with E-state index in [1.54, 1.807) is 0 Å². The van der Waals surface area contributed by atoms with Crippen LogP contribution in [0, 0.1) is 11.7 Å². The predicted molar refractivity (Wildman–Crippen MR) is 89.4 cm³/mol. The van der Waals surface area contributed by atoms with Crippen LogP contribution in [0.1, 0.15) is 12.8 Å². The van der Waals surface area contributed by atoms with Gasteiger partial charge in [0.15, 0.2) is 11.4 Å². The first kappa shape index (κ1) is 14.9. The average molecular weight is 327 g/mol. The highest BCUT2D eigenvalue weighted by molar-refractivity contribution is 5.74. The van der Waals surface area contributed by atoms with Gasteiger partial charge >= 0.3 is 0 Å². The van der Waals surface area contributed by atoms with Crippen molar-refractivity contribution in [3.05, 3.63) is 42.5 Å². The van der Waals surface area contributed by atoms with Gasteiger partial charge in [-0.05, 0) is 30.9 Å². The molecular weight excluding hydrogens is 309 g/mol. The van der Waals surface area contributed by atoms with Crippen molar-refractivity contribution in [2.45, 2.75) is 12.8 Å². The molecule has 24 heavy (non-hydrogen) atoms. The SMILES string of the molecule is Fc1cnc(N2CCC(CNc3nc4ccccc4o3)CC2)nc1. The molecule has 0 saturated carbocycles. The van der Waals surface area contributed by atoms with Crippen molar-refractivity contribution in [1.82, 2.24) is 15.0 Å². The lowest BCUT2D eigenvalue weighted by Crippen LogP contribution is -2.36. The van der Waals surface area contributed by atoms with Crippen molar-refractivity contribution in [1.29, 1.82) is 0 Å². The summed E-state index contributed by atoms with van der Waals surface area (Å²) in [5, 5.41) is 3.29. The van der Waals surface area contributed by atoms with Crippen molar-refractivity contribution in [2.75, 3.05) is 29.9 Å². The first-order valence-corrected chi connectivity index (χ1v) is 8.10. The molecule has 0 spiro atoms. The summed E-state index contributed by atoms with van der Waals surface area (Å²) in [7, 11) is 0. The minimum Gasteiger partial charge on any atom is -0.424 e. The number of hydrogen-bond acceptors (Lipinski definition) is 6. The maximum atomic E-state index is 12.9. The standard InChI is InChI=1S/C17H18FN5O/c18-13-10-19-16(20-11-13)23-7-5-12(6-8-23)9-21-17-22-14-3-1-2-4-15(14)24-17/h1-4,10-12H,5-9H2,(H,21,22). The Hall–Kier alpha value is -2.70. The van der Waals surface area contributed by atoms with Gasteiger partial charge in [0.05, 0.1) is 12.4 Å². The lowest BCUT2D eigenvalue weighted by Gasteiger charge is -2.31. The molecule has 3 heterocycles. The molecule has 7 heteroatoms. The zero-order chi connectivity index (χ0) is 16.4. The lowest BCUT2D eigenvalue weighted by molar-refractivity contribution is 0.416. The smallest absolute Gasteiger partial charge is 0.295 e. The summed E-state index contributed by atoms with van der Waals surface area (Å²) in [6.07, 6.45) is 4.47. The summed E-state index contributed by atoms with van der Waals surface area (Å²) < 4.78 is 18.6. The van der Waals surface area contributed by atoms with E-state index < -0.39 is 5.82 Å². The van der Waals surface area contributed by atoms with E-state index in [1.165, 1.54) is 12.4 Å². The minimum atomic E-state index is -0.406. The van der Waals surface area contributed by atoms with Crippen LogP contribution in [0.2, 0.25) is 0 Å². The Bertz CT molecular complexity index is 778. The van der Waals surface area contributed by atoms with Gasteiger partial charge in [-0.25, -0.2) is 14.4 Å². The predicted octanol–water partition coefficient (Wildman–Crippen LogP) is 3.09. The zero-order valence-electron chi connectivity index (χ0n) is 13.2. The fourth-order valence-electron chi connectivity index (χ4n) is 2.99. The van der Waals surface area contributed by atoms with E-state index in [2.05, 4.69) is 25.2 Å². The molecule has 4 rings (SSSR count). The van der Waals surface area contributed by atoms with Crippen LogP contribution in [0.25, 0.3) is 11.1 Å². The molecule has 3 aromatic rings. The first-order valence-electron chi connectivity index (χ1n) is 8.10. The second-order valence-corrected chi connectivity index (χ2v) is 6.00. The molecule has 124 valence electrons. The summed E-state index contributed by atoms with van der Waals surface area (Å²) >= 11 is 0. The van der Waals surface area contributed by atoms with Gasteiger partial charge < -0.3 is 14.6 Å². The van der Waals surface area contributed by atoms with Gasteiger partial charge in [-0.3, -0.25) is 0 Å². The Balaban J connectivity index is 1.30. The Morgan fingerprint density at radius 2 is 1.92 bits per heavy atom. The zero-order valence-corrected chi connectivity index (χ0v) is 13.2. The van der Waals surface area contributed by atoms with E-state index in [1.807, 2.05) is 24.3 Å². The van der Waals surface area contributed by atoms with E-state index in [9.17, 15) is 4.39 Å². The highest BCUT2D eigenvalue weighted by atomic mass is 19.1. The molecule has 1 aromatic carbocycles. The molecule has 1 aliphatic rings. The van der Waals surface area contributed by atoms with E-state index in [-0.39, 0.29) is 0 Å². The van der Waals surface area contributed by atoms with Gasteiger partial charge in [0, 0.05) is 19.6 Å². The van der Waals surface area contributed by atoms with Gasteiger partial charge in [-0.1, -0.05) is 12.1 Å². The van der Waals surface area contributed by atoms with Gasteiger partial charge in [0.2, 0.25) is 5.95 Å². The third-order valence-corrected chi connectivity index (χ3v) is 4.34. The van der Waals surface area contributed by atoms with Crippen LogP contribution in [-0.4, -0.2) is 34.6 Å². The van der Waals surface area contributed by atoms with Crippen molar-refractivity contribution >= 4 is 23.1 Å². The van der Waals surface area contributed by atoms with Crippen molar-refractivity contribution in [2.24, 2.45) is 5.92 Å². The van der Waals surface area contributed by atoms with Gasteiger partial charge in [-0.15, -0.1) is 0 Å². The Morgan fingerprint density at radius 1 is 1.17 bits per heavy atom. The average Bonchev–Trinajstić information content (AvgIpc) is 3.04. The quantitative estimate of drug-likeness (QED) is 0.794. The number of nitrogens with one attached hydrogen (secondary N) is 1. The number of halogens is 1. The molecule has 0 atom stereocenters. The summed E-state index contributed by atoms with van der Waals surface area (Å²) in [6.45, 7) is 2.56. The largest absolute Gasteiger partial charge is 0.424 e. The lowest BCUT2D eigenvalue weighted by atomic mass is 9.97. The monoisotopic (exact) mass is 327 g/mol. The van der Waals surface area contributed by atoms with Gasteiger partial charge in [0.25, 0.3) is 6.01 Å². The highest BCUT2D eigenvalue weighted by Gasteiger charge is 2.21. The number of rotatable bonds is 4. The molecular formula is C17H18FN5O. The number of benzene rings is 1. The molecule has 1 N–H and O–H groups in total. The first-order chi connectivity index (χ1) is 11.8. The summed E-state index contributed by atoms with van der Waals surface area (Å²) in [6, 6.07) is 8.30. The molecule has 1 aliphatic heterocycles. The fraction of sp³-hybridized carbons (Fsp3) is 0.353. The molecule has 1 saturated heterocycles. The van der Waals surface area contributed by atoms with Gasteiger partial charge in [0.1, 0.15) is 5.52 Å². The molecule has 0 radical (unpaired) electrons. The normalized spacial score (nSPS) is 15.8. The van der Waals surface area contributed by atoms with Crippen molar-refractivity contribution < 1.29 is 8.81 Å². The van der Waals surface area contributed by atoms with Crippen LogP contribution in [-0.2, 0) is 0 Å². The number of piperidine rings is 1. The second kappa shape index (κ2) is 6.43. The molecule has 6 nitrogen and oxygen atoms in total. The molecule has 0 unspecified atom stereocenters. The molecule has 1 fully saturated rings. The molecule has 2 aromatic heterocycles. The van der Waals surface area contributed by atoms with E-state index in [0.29, 0.717) is 17.9 Å². The maximum absolute atomic E-state index is 12.9. The number of para-hydroxylation sites is 2. The number of aromatic nitrogens is 3. The number of nitrogens with zero attached hydrogens (tertiary/aromatic N) is 4. The Kier molecular flexibility index (Phi) is 3.98. The maximum Gasteiger partial charge on any atom is 0.295 e. The Morgan fingerprint density at radius 3 is 2.67 bits per heavy atom. The van der Waals surface area contributed by atoms with Crippen molar-refractivity contribution in [3.63, 3.8) is 0 Å². The summed E-state index contributed by atoms with van der Waals surface area (Å²) in [5.74, 6) is 0.731. The Labute approximate surface area is 138 Å². The van der Waals surface area contributed by atoms with Gasteiger partial charge in [-0.2, -0.15) is 4.98 Å². The fourth-order valence-corrected chi connectivity index (χ4v) is 2.99. The third kappa shape index (κ3) is 3.15. The van der Waals surface area contributed by atoms with Crippen LogP contribution < -0.4 is 10.2 Å². The second-order valence-electron chi connectivity index (χ2n) is 6.00. The van der Waals surface area contributed by atoms with Crippen LogP contribution >= 0.6 is 0 Å². The summed E-state index contributed by atoms with van der Waals surface area (Å²) in [4.78, 5) is 14.6. The van der Waals surface area contributed by atoms with Crippen LogP contribution in [0.3, 0.4) is 0 Å².